The Hall–Kier alpha value is -1.42. The van der Waals surface area contributed by atoms with Crippen molar-refractivity contribution in [2.75, 3.05) is 19.0 Å². The summed E-state index contributed by atoms with van der Waals surface area (Å²) in [5.74, 6) is 1.80. The van der Waals surface area contributed by atoms with E-state index < -0.39 is 0 Å². The summed E-state index contributed by atoms with van der Waals surface area (Å²) in [5, 5.41) is 3.57. The third kappa shape index (κ3) is 6.15. The molecule has 0 saturated heterocycles. The highest BCUT2D eigenvalue weighted by Gasteiger charge is 2.02. The molecule has 1 aromatic carbocycles. The first-order chi connectivity index (χ1) is 9.52. The quantitative estimate of drug-likeness (QED) is 0.456. The number of rotatable bonds is 7. The molecule has 0 atom stereocenters. The van der Waals surface area contributed by atoms with Crippen LogP contribution in [0.4, 0.5) is 5.69 Å². The number of unbranched alkanes of at least 4 members (excludes halogenated alkanes) is 1. The van der Waals surface area contributed by atoms with Crippen LogP contribution < -0.4 is 15.8 Å². The van der Waals surface area contributed by atoms with E-state index in [1.54, 1.807) is 19.2 Å². The first-order valence-electron chi connectivity index (χ1n) is 6.93. The second kappa shape index (κ2) is 8.69. The molecular formula is C15H24ClN3O. The van der Waals surface area contributed by atoms with E-state index in [2.05, 4.69) is 24.2 Å². The smallest absolute Gasteiger partial charge is 0.193 e. The number of guanidine groups is 1. The van der Waals surface area contributed by atoms with E-state index in [1.807, 2.05) is 6.07 Å². The molecule has 0 amide bonds. The van der Waals surface area contributed by atoms with Crippen LogP contribution in [0.25, 0.3) is 0 Å². The highest BCUT2D eigenvalue weighted by atomic mass is 35.5. The fourth-order valence-corrected chi connectivity index (χ4v) is 2.05. The fraction of sp³-hybridized carbons (Fsp3) is 0.533. The molecule has 1 aromatic rings. The predicted molar refractivity (Wildman–Crippen MR) is 86.8 cm³/mol. The molecule has 1 rings (SSSR count). The molecule has 5 heteroatoms. The zero-order valence-electron chi connectivity index (χ0n) is 12.4. The topological polar surface area (TPSA) is 59.6 Å². The molecule has 20 heavy (non-hydrogen) atoms. The van der Waals surface area contributed by atoms with Gasteiger partial charge >= 0.3 is 0 Å². The number of anilines is 1. The average Bonchev–Trinajstić information content (AvgIpc) is 2.38. The van der Waals surface area contributed by atoms with Gasteiger partial charge in [0.1, 0.15) is 5.75 Å². The zero-order valence-corrected chi connectivity index (χ0v) is 13.2. The number of hydrogen-bond acceptors (Lipinski definition) is 2. The van der Waals surface area contributed by atoms with Gasteiger partial charge in [0.2, 0.25) is 0 Å². The molecule has 0 aliphatic heterocycles. The van der Waals surface area contributed by atoms with Crippen molar-refractivity contribution in [1.29, 1.82) is 0 Å². The largest absolute Gasteiger partial charge is 0.495 e. The molecule has 0 unspecified atom stereocenters. The van der Waals surface area contributed by atoms with Crippen LogP contribution in [0.15, 0.2) is 23.2 Å². The number of halogens is 1. The summed E-state index contributed by atoms with van der Waals surface area (Å²) in [6.45, 7) is 5.20. The lowest BCUT2D eigenvalue weighted by Gasteiger charge is -2.08. The number of aliphatic imine (C=N–C) groups is 1. The summed E-state index contributed by atoms with van der Waals surface area (Å²) in [4.78, 5) is 4.30. The number of nitrogens with one attached hydrogen (secondary N) is 1. The second-order valence-corrected chi connectivity index (χ2v) is 5.54. The molecule has 0 saturated carbocycles. The number of benzene rings is 1. The third-order valence-corrected chi connectivity index (χ3v) is 3.19. The van der Waals surface area contributed by atoms with Crippen LogP contribution >= 0.6 is 11.6 Å². The van der Waals surface area contributed by atoms with Gasteiger partial charge in [0, 0.05) is 12.2 Å². The van der Waals surface area contributed by atoms with E-state index >= 15 is 0 Å². The minimum Gasteiger partial charge on any atom is -0.495 e. The molecule has 3 N–H and O–H groups in total. The summed E-state index contributed by atoms with van der Waals surface area (Å²) in [6.07, 6.45) is 3.48. The number of methoxy groups -OCH3 is 1. The van der Waals surface area contributed by atoms with E-state index in [1.165, 1.54) is 12.8 Å². The van der Waals surface area contributed by atoms with Crippen molar-refractivity contribution >= 4 is 23.2 Å². The summed E-state index contributed by atoms with van der Waals surface area (Å²) in [5.41, 5.74) is 6.64. The molecule has 112 valence electrons. The molecular weight excluding hydrogens is 274 g/mol. The summed E-state index contributed by atoms with van der Waals surface area (Å²) >= 11 is 6.04. The third-order valence-electron chi connectivity index (χ3n) is 2.90. The Morgan fingerprint density at radius 1 is 1.40 bits per heavy atom. The molecule has 0 spiro atoms. The maximum absolute atomic E-state index is 6.04. The molecule has 0 aliphatic carbocycles. The van der Waals surface area contributed by atoms with Crippen LogP contribution in [-0.2, 0) is 0 Å². The van der Waals surface area contributed by atoms with Gasteiger partial charge in [-0.05, 0) is 30.5 Å². The van der Waals surface area contributed by atoms with Crippen molar-refractivity contribution in [3.05, 3.63) is 23.2 Å². The summed E-state index contributed by atoms with van der Waals surface area (Å²) in [7, 11) is 1.58. The molecule has 0 aromatic heterocycles. The Morgan fingerprint density at radius 2 is 2.15 bits per heavy atom. The van der Waals surface area contributed by atoms with Gasteiger partial charge in [-0.2, -0.15) is 0 Å². The zero-order chi connectivity index (χ0) is 15.0. The van der Waals surface area contributed by atoms with E-state index in [4.69, 9.17) is 22.1 Å². The highest BCUT2D eigenvalue weighted by molar-refractivity contribution is 6.32. The Bertz CT molecular complexity index is 447. The Kier molecular flexibility index (Phi) is 7.23. The molecule has 0 aliphatic rings. The minimum absolute atomic E-state index is 0.413. The lowest BCUT2D eigenvalue weighted by molar-refractivity contribution is 0.415. The predicted octanol–water partition coefficient (Wildman–Crippen LogP) is 3.90. The van der Waals surface area contributed by atoms with Gasteiger partial charge in [0.05, 0.1) is 12.1 Å². The lowest BCUT2D eigenvalue weighted by atomic mass is 10.1. The standard InChI is InChI=1S/C15H24ClN3O/c1-11(2)6-4-5-9-18-15(17)19-12-7-8-14(20-3)13(16)10-12/h7-8,10-11H,4-6,9H2,1-3H3,(H3,17,18,19). The number of ether oxygens (including phenoxy) is 1. The van der Waals surface area contributed by atoms with E-state index in [0.717, 1.165) is 24.6 Å². The van der Waals surface area contributed by atoms with Crippen LogP contribution in [0.5, 0.6) is 5.75 Å². The minimum atomic E-state index is 0.413. The number of nitrogens with zero attached hydrogens (tertiary/aromatic N) is 1. The molecule has 0 bridgehead atoms. The first-order valence-corrected chi connectivity index (χ1v) is 7.31. The van der Waals surface area contributed by atoms with Gasteiger partial charge in [-0.25, -0.2) is 0 Å². The normalized spacial score (nSPS) is 11.8. The van der Waals surface area contributed by atoms with Crippen LogP contribution in [0, 0.1) is 5.92 Å². The van der Waals surface area contributed by atoms with E-state index in [-0.39, 0.29) is 0 Å². The second-order valence-electron chi connectivity index (χ2n) is 5.13. The molecule has 0 fully saturated rings. The Morgan fingerprint density at radius 3 is 2.75 bits per heavy atom. The fourth-order valence-electron chi connectivity index (χ4n) is 1.80. The van der Waals surface area contributed by atoms with Gasteiger partial charge in [-0.3, -0.25) is 4.99 Å². The first kappa shape index (κ1) is 16.6. The van der Waals surface area contributed by atoms with Gasteiger partial charge in [0.25, 0.3) is 0 Å². The van der Waals surface area contributed by atoms with E-state index in [0.29, 0.717) is 16.7 Å². The van der Waals surface area contributed by atoms with Crippen molar-refractivity contribution in [2.45, 2.75) is 33.1 Å². The average molecular weight is 298 g/mol. The Labute approximate surface area is 126 Å². The summed E-state index contributed by atoms with van der Waals surface area (Å²) in [6, 6.07) is 5.41. The van der Waals surface area contributed by atoms with Gasteiger partial charge < -0.3 is 15.8 Å². The van der Waals surface area contributed by atoms with Crippen molar-refractivity contribution in [3.63, 3.8) is 0 Å². The highest BCUT2D eigenvalue weighted by Crippen LogP contribution is 2.26. The van der Waals surface area contributed by atoms with Crippen molar-refractivity contribution in [1.82, 2.24) is 0 Å². The Balaban J connectivity index is 2.41. The SMILES string of the molecule is COc1ccc(NC(N)=NCCCCC(C)C)cc1Cl. The number of nitrogens with two attached hydrogens (primary N) is 1. The summed E-state index contributed by atoms with van der Waals surface area (Å²) < 4.78 is 5.09. The van der Waals surface area contributed by atoms with Crippen molar-refractivity contribution in [3.8, 4) is 5.75 Å². The monoisotopic (exact) mass is 297 g/mol. The lowest BCUT2D eigenvalue weighted by Crippen LogP contribution is -2.22. The van der Waals surface area contributed by atoms with Crippen molar-refractivity contribution in [2.24, 2.45) is 16.6 Å². The van der Waals surface area contributed by atoms with Crippen LogP contribution in [0.3, 0.4) is 0 Å². The van der Waals surface area contributed by atoms with Gasteiger partial charge in [-0.15, -0.1) is 0 Å². The molecule has 0 radical (unpaired) electrons. The van der Waals surface area contributed by atoms with Crippen LogP contribution in [0.1, 0.15) is 33.1 Å². The molecule has 0 heterocycles. The van der Waals surface area contributed by atoms with Gasteiger partial charge in [0.15, 0.2) is 5.96 Å². The van der Waals surface area contributed by atoms with Crippen molar-refractivity contribution < 1.29 is 4.74 Å². The van der Waals surface area contributed by atoms with Crippen LogP contribution in [-0.4, -0.2) is 19.6 Å². The molecule has 4 nitrogen and oxygen atoms in total. The van der Waals surface area contributed by atoms with E-state index in [9.17, 15) is 0 Å². The van der Waals surface area contributed by atoms with Gasteiger partial charge in [-0.1, -0.05) is 38.3 Å². The maximum atomic E-state index is 6.04. The maximum Gasteiger partial charge on any atom is 0.193 e. The van der Waals surface area contributed by atoms with Crippen LogP contribution in [0.2, 0.25) is 5.02 Å². The number of hydrogen-bond donors (Lipinski definition) is 2.